The molecule has 0 unspecified atom stereocenters. The van der Waals surface area contributed by atoms with Crippen LogP contribution in [0.4, 0.5) is 0 Å². The first-order valence-electron chi connectivity index (χ1n) is 30.0. The first-order chi connectivity index (χ1) is 33.5. The summed E-state index contributed by atoms with van der Waals surface area (Å²) in [6.07, 6.45) is 68.5. The molecule has 0 aliphatic heterocycles. The van der Waals surface area contributed by atoms with Gasteiger partial charge < -0.3 is 14.2 Å². The van der Waals surface area contributed by atoms with Gasteiger partial charge in [-0.3, -0.25) is 14.4 Å². The highest BCUT2D eigenvalue weighted by molar-refractivity contribution is 5.71. The second-order valence-electron chi connectivity index (χ2n) is 20.3. The average Bonchev–Trinajstić information content (AvgIpc) is 3.34. The van der Waals surface area contributed by atoms with E-state index in [9.17, 15) is 14.4 Å². The minimum atomic E-state index is -0.783. The van der Waals surface area contributed by atoms with Crippen molar-refractivity contribution in [3.05, 3.63) is 36.5 Å². The fourth-order valence-corrected chi connectivity index (χ4v) is 8.86. The van der Waals surface area contributed by atoms with Gasteiger partial charge in [-0.15, -0.1) is 0 Å². The van der Waals surface area contributed by atoms with Gasteiger partial charge in [0.15, 0.2) is 6.10 Å². The molecule has 6 nitrogen and oxygen atoms in total. The zero-order valence-corrected chi connectivity index (χ0v) is 45.6. The number of esters is 3. The maximum atomic E-state index is 12.9. The molecule has 0 aromatic rings. The molecule has 0 aromatic heterocycles. The second kappa shape index (κ2) is 57.2. The van der Waals surface area contributed by atoms with E-state index in [2.05, 4.69) is 57.2 Å². The molecule has 0 radical (unpaired) electrons. The molecule has 0 N–H and O–H groups in total. The Kier molecular flexibility index (Phi) is 55.2. The Labute approximate surface area is 423 Å². The highest BCUT2D eigenvalue weighted by Crippen LogP contribution is 2.17. The molecule has 68 heavy (non-hydrogen) atoms. The highest BCUT2D eigenvalue weighted by atomic mass is 16.6. The normalized spacial score (nSPS) is 12.2. The van der Waals surface area contributed by atoms with Crippen molar-refractivity contribution in [2.24, 2.45) is 0 Å². The van der Waals surface area contributed by atoms with Gasteiger partial charge in [0.1, 0.15) is 13.2 Å². The van der Waals surface area contributed by atoms with E-state index in [1.165, 1.54) is 212 Å². The van der Waals surface area contributed by atoms with E-state index in [4.69, 9.17) is 14.2 Å². The molecule has 0 saturated heterocycles. The van der Waals surface area contributed by atoms with Crippen LogP contribution in [0.5, 0.6) is 0 Å². The Hall–Kier alpha value is -2.37. The van der Waals surface area contributed by atoms with Crippen LogP contribution in [0.2, 0.25) is 0 Å². The van der Waals surface area contributed by atoms with E-state index in [1.54, 1.807) is 0 Å². The molecule has 0 rings (SSSR count). The molecule has 0 aliphatic carbocycles. The second-order valence-corrected chi connectivity index (χ2v) is 20.3. The van der Waals surface area contributed by atoms with Gasteiger partial charge in [0.2, 0.25) is 0 Å². The molecular formula is C62H114O6. The number of allylic oxidation sites excluding steroid dienone is 6. The third-order valence-electron chi connectivity index (χ3n) is 13.4. The SMILES string of the molecule is CCCCC/C=C\C/C=C\C/C=C\CCCCC(=O)OC[C@H](COC(=O)CCCCCCCCCCCCCCCCCCCCC)OC(=O)CCCCCCCCCCCCCCCCCC. The van der Waals surface area contributed by atoms with Crippen LogP contribution in [0.25, 0.3) is 0 Å². The number of ether oxygens (including phenoxy) is 3. The van der Waals surface area contributed by atoms with Gasteiger partial charge in [-0.2, -0.15) is 0 Å². The van der Waals surface area contributed by atoms with Crippen LogP contribution in [-0.2, 0) is 28.6 Å². The Bertz CT molecular complexity index is 1140. The largest absolute Gasteiger partial charge is 0.462 e. The minimum Gasteiger partial charge on any atom is -0.462 e. The van der Waals surface area contributed by atoms with E-state index < -0.39 is 6.10 Å². The smallest absolute Gasteiger partial charge is 0.306 e. The highest BCUT2D eigenvalue weighted by Gasteiger charge is 2.19. The summed E-state index contributed by atoms with van der Waals surface area (Å²) in [4.78, 5) is 38.2. The Morgan fingerprint density at radius 3 is 0.853 bits per heavy atom. The lowest BCUT2D eigenvalue weighted by Gasteiger charge is -2.18. The Balaban J connectivity index is 4.35. The van der Waals surface area contributed by atoms with Crippen molar-refractivity contribution in [2.45, 2.75) is 329 Å². The van der Waals surface area contributed by atoms with E-state index in [1.807, 2.05) is 0 Å². The third-order valence-corrected chi connectivity index (χ3v) is 13.4. The van der Waals surface area contributed by atoms with E-state index in [0.29, 0.717) is 19.3 Å². The topological polar surface area (TPSA) is 78.9 Å². The Morgan fingerprint density at radius 2 is 0.529 bits per heavy atom. The van der Waals surface area contributed by atoms with Crippen LogP contribution in [0.1, 0.15) is 323 Å². The van der Waals surface area contributed by atoms with Crippen LogP contribution in [0.3, 0.4) is 0 Å². The van der Waals surface area contributed by atoms with Crippen molar-refractivity contribution in [3.8, 4) is 0 Å². The number of carbonyl (C=O) groups is 3. The maximum absolute atomic E-state index is 12.9. The van der Waals surface area contributed by atoms with Gasteiger partial charge in [-0.25, -0.2) is 0 Å². The molecule has 6 heteroatoms. The predicted molar refractivity (Wildman–Crippen MR) is 293 cm³/mol. The fraction of sp³-hybridized carbons (Fsp3) is 0.855. The van der Waals surface area contributed by atoms with Gasteiger partial charge in [0, 0.05) is 19.3 Å². The summed E-state index contributed by atoms with van der Waals surface area (Å²) in [5.41, 5.74) is 0. The summed E-state index contributed by atoms with van der Waals surface area (Å²) < 4.78 is 16.9. The lowest BCUT2D eigenvalue weighted by atomic mass is 10.0. The number of hydrogen-bond acceptors (Lipinski definition) is 6. The number of rotatable bonds is 55. The monoisotopic (exact) mass is 955 g/mol. The molecule has 0 aromatic carbocycles. The van der Waals surface area contributed by atoms with Crippen molar-refractivity contribution in [1.29, 1.82) is 0 Å². The third kappa shape index (κ3) is 54.6. The number of unbranched alkanes of at least 4 members (excludes halogenated alkanes) is 38. The van der Waals surface area contributed by atoms with Gasteiger partial charge in [0.05, 0.1) is 0 Å². The van der Waals surface area contributed by atoms with Crippen molar-refractivity contribution in [2.75, 3.05) is 13.2 Å². The van der Waals surface area contributed by atoms with Crippen molar-refractivity contribution in [3.63, 3.8) is 0 Å². The van der Waals surface area contributed by atoms with Gasteiger partial charge in [0.25, 0.3) is 0 Å². The summed E-state index contributed by atoms with van der Waals surface area (Å²) in [5, 5.41) is 0. The van der Waals surface area contributed by atoms with Gasteiger partial charge >= 0.3 is 17.9 Å². The molecule has 0 spiro atoms. The molecule has 398 valence electrons. The van der Waals surface area contributed by atoms with Crippen LogP contribution in [-0.4, -0.2) is 37.2 Å². The van der Waals surface area contributed by atoms with Gasteiger partial charge in [-0.05, 0) is 57.8 Å². The first kappa shape index (κ1) is 65.6. The van der Waals surface area contributed by atoms with Crippen molar-refractivity contribution < 1.29 is 28.6 Å². The van der Waals surface area contributed by atoms with E-state index in [-0.39, 0.29) is 31.1 Å². The average molecular weight is 956 g/mol. The van der Waals surface area contributed by atoms with Gasteiger partial charge in [-0.1, -0.05) is 282 Å². The quantitative estimate of drug-likeness (QED) is 0.0262. The Morgan fingerprint density at radius 1 is 0.294 bits per heavy atom. The first-order valence-corrected chi connectivity index (χ1v) is 30.0. The van der Waals surface area contributed by atoms with Crippen LogP contribution < -0.4 is 0 Å². The summed E-state index contributed by atoms with van der Waals surface area (Å²) in [7, 11) is 0. The molecule has 0 bridgehead atoms. The zero-order valence-electron chi connectivity index (χ0n) is 45.6. The summed E-state index contributed by atoms with van der Waals surface area (Å²) in [5.74, 6) is -0.897. The number of hydrogen-bond donors (Lipinski definition) is 0. The van der Waals surface area contributed by atoms with Crippen LogP contribution >= 0.6 is 0 Å². The lowest BCUT2D eigenvalue weighted by Crippen LogP contribution is -2.30. The van der Waals surface area contributed by atoms with Crippen LogP contribution in [0, 0.1) is 0 Å². The molecule has 0 heterocycles. The number of carbonyl (C=O) groups excluding carboxylic acids is 3. The molecule has 0 amide bonds. The summed E-state index contributed by atoms with van der Waals surface area (Å²) in [6.45, 7) is 6.63. The van der Waals surface area contributed by atoms with Crippen LogP contribution in [0.15, 0.2) is 36.5 Å². The molecule has 0 saturated carbocycles. The predicted octanol–water partition coefficient (Wildman–Crippen LogP) is 20.0. The minimum absolute atomic E-state index is 0.0789. The van der Waals surface area contributed by atoms with Crippen molar-refractivity contribution in [1.82, 2.24) is 0 Å². The standard InChI is InChI=1S/C62H114O6/c1-4-7-10-13-16-19-22-25-28-30-31-32-35-37-40-43-46-49-52-55-61(64)67-58-59(57-66-60(63)54-51-48-45-42-39-36-33-27-24-21-18-15-12-9-6-3)68-62(65)56-53-50-47-44-41-38-34-29-26-23-20-17-14-11-8-5-2/h18,21,27,33,39,42,59H,4-17,19-20,22-26,28-32,34-38,40-41,43-58H2,1-3H3/b21-18-,33-27-,42-39-/t59-/m1/s1. The molecule has 0 aliphatic rings. The fourth-order valence-electron chi connectivity index (χ4n) is 8.86. The summed E-state index contributed by atoms with van der Waals surface area (Å²) >= 11 is 0. The van der Waals surface area contributed by atoms with E-state index in [0.717, 1.165) is 70.6 Å². The maximum Gasteiger partial charge on any atom is 0.306 e. The summed E-state index contributed by atoms with van der Waals surface area (Å²) in [6, 6.07) is 0. The van der Waals surface area contributed by atoms with Crippen molar-refractivity contribution >= 4 is 17.9 Å². The zero-order chi connectivity index (χ0) is 49.3. The molecule has 0 fully saturated rings. The lowest BCUT2D eigenvalue weighted by molar-refractivity contribution is -0.167. The van der Waals surface area contributed by atoms with E-state index >= 15 is 0 Å². The molecule has 1 atom stereocenters. The molecular weight excluding hydrogens is 841 g/mol.